The molecule has 34 heavy (non-hydrogen) atoms. The number of para-hydroxylation sites is 2. The van der Waals surface area contributed by atoms with Gasteiger partial charge in [-0.2, -0.15) is 0 Å². The van der Waals surface area contributed by atoms with Gasteiger partial charge in [-0.15, -0.1) is 10.2 Å². The number of aryl methyl sites for hydroxylation is 1. The van der Waals surface area contributed by atoms with Crippen LogP contribution in [0, 0.1) is 0 Å². The quantitative estimate of drug-likeness (QED) is 0.208. The number of fused-ring (bicyclic) bond motifs is 4. The number of benzene rings is 2. The first-order chi connectivity index (χ1) is 16.5. The van der Waals surface area contributed by atoms with E-state index in [0.29, 0.717) is 50.9 Å². The van der Waals surface area contributed by atoms with E-state index in [4.69, 9.17) is 4.74 Å². The van der Waals surface area contributed by atoms with E-state index < -0.39 is 5.97 Å². The number of aromatic nitrogens is 6. The van der Waals surface area contributed by atoms with Crippen LogP contribution in [-0.4, -0.2) is 41.8 Å². The molecule has 3 heterocycles. The predicted molar refractivity (Wildman–Crippen MR) is 128 cm³/mol. The van der Waals surface area contributed by atoms with Crippen molar-refractivity contribution < 1.29 is 9.53 Å². The SMILES string of the molecule is CCn1c(=O)c2ccccc2n2c(CSc3nc4ccccc4c(=O)n3CC(=O)OC)nnc12. The van der Waals surface area contributed by atoms with Crippen molar-refractivity contribution in [3.63, 3.8) is 0 Å². The molecule has 0 atom stereocenters. The van der Waals surface area contributed by atoms with Crippen LogP contribution < -0.4 is 11.1 Å². The van der Waals surface area contributed by atoms with Crippen molar-refractivity contribution in [2.24, 2.45) is 0 Å². The Morgan fingerprint density at radius 1 is 0.971 bits per heavy atom. The van der Waals surface area contributed by atoms with E-state index >= 15 is 0 Å². The predicted octanol–water partition coefficient (Wildman–Crippen LogP) is 2.24. The Labute approximate surface area is 196 Å². The summed E-state index contributed by atoms with van der Waals surface area (Å²) in [5.74, 6) is 0.788. The zero-order chi connectivity index (χ0) is 23.8. The van der Waals surface area contributed by atoms with E-state index in [9.17, 15) is 14.4 Å². The first-order valence-electron chi connectivity index (χ1n) is 10.6. The third-order valence-corrected chi connectivity index (χ3v) is 6.54. The summed E-state index contributed by atoms with van der Waals surface area (Å²) in [5.41, 5.74) is 0.786. The highest BCUT2D eigenvalue weighted by atomic mass is 32.2. The highest BCUT2D eigenvalue weighted by molar-refractivity contribution is 7.98. The molecule has 0 fully saturated rings. The number of rotatable bonds is 6. The minimum absolute atomic E-state index is 0.125. The molecule has 0 radical (unpaired) electrons. The van der Waals surface area contributed by atoms with E-state index in [-0.39, 0.29) is 17.7 Å². The van der Waals surface area contributed by atoms with Gasteiger partial charge >= 0.3 is 5.97 Å². The number of thioether (sulfide) groups is 1. The van der Waals surface area contributed by atoms with Gasteiger partial charge in [-0.05, 0) is 31.2 Å². The second-order valence-corrected chi connectivity index (χ2v) is 8.43. The van der Waals surface area contributed by atoms with Crippen molar-refractivity contribution in [2.75, 3.05) is 7.11 Å². The maximum atomic E-state index is 13.1. The van der Waals surface area contributed by atoms with Gasteiger partial charge in [-0.25, -0.2) is 4.98 Å². The molecule has 0 saturated carbocycles. The molecule has 0 N–H and O–H groups in total. The molecule has 0 amide bonds. The largest absolute Gasteiger partial charge is 0.468 e. The lowest BCUT2D eigenvalue weighted by Crippen LogP contribution is -2.27. The molecule has 3 aromatic heterocycles. The van der Waals surface area contributed by atoms with Gasteiger partial charge in [0.05, 0.1) is 34.7 Å². The minimum atomic E-state index is -0.549. The summed E-state index contributed by atoms with van der Waals surface area (Å²) in [5, 5.41) is 9.93. The van der Waals surface area contributed by atoms with E-state index in [1.807, 2.05) is 29.5 Å². The van der Waals surface area contributed by atoms with E-state index in [2.05, 4.69) is 15.2 Å². The molecule has 0 aliphatic heterocycles. The Balaban J connectivity index is 1.63. The lowest BCUT2D eigenvalue weighted by Gasteiger charge is -2.12. The Kier molecular flexibility index (Phi) is 5.62. The fourth-order valence-corrected chi connectivity index (χ4v) is 4.82. The van der Waals surface area contributed by atoms with Crippen molar-refractivity contribution in [1.29, 1.82) is 0 Å². The topological polar surface area (TPSA) is 113 Å². The third kappa shape index (κ3) is 3.54. The summed E-state index contributed by atoms with van der Waals surface area (Å²) < 4.78 is 9.50. The molecule has 0 spiro atoms. The number of hydrogen-bond donors (Lipinski definition) is 0. The molecule has 2 aromatic carbocycles. The number of carbonyl (C=O) groups excluding carboxylic acids is 1. The fraction of sp³-hybridized carbons (Fsp3) is 0.217. The van der Waals surface area contributed by atoms with Gasteiger partial charge in [0.25, 0.3) is 11.1 Å². The Morgan fingerprint density at radius 3 is 2.44 bits per heavy atom. The summed E-state index contributed by atoms with van der Waals surface area (Å²) in [6.45, 7) is 2.07. The summed E-state index contributed by atoms with van der Waals surface area (Å²) in [6, 6.07) is 14.3. The summed E-state index contributed by atoms with van der Waals surface area (Å²) in [4.78, 5) is 42.6. The number of hydrogen-bond acceptors (Lipinski definition) is 8. The summed E-state index contributed by atoms with van der Waals surface area (Å²) in [7, 11) is 1.27. The monoisotopic (exact) mass is 476 g/mol. The van der Waals surface area contributed by atoms with Crippen LogP contribution in [0.1, 0.15) is 12.7 Å². The molecule has 0 aliphatic rings. The molecule has 0 saturated heterocycles. The Bertz CT molecular complexity index is 1690. The maximum Gasteiger partial charge on any atom is 0.325 e. The number of methoxy groups -OCH3 is 1. The van der Waals surface area contributed by atoms with Crippen molar-refractivity contribution in [2.45, 2.75) is 30.9 Å². The maximum absolute atomic E-state index is 13.1. The van der Waals surface area contributed by atoms with Crippen molar-refractivity contribution in [1.82, 2.24) is 28.7 Å². The van der Waals surface area contributed by atoms with Gasteiger partial charge in [0.15, 0.2) is 5.16 Å². The lowest BCUT2D eigenvalue weighted by molar-refractivity contribution is -0.141. The molecule has 0 bridgehead atoms. The molecule has 172 valence electrons. The fourth-order valence-electron chi connectivity index (χ4n) is 3.91. The number of ether oxygens (including phenoxy) is 1. The van der Waals surface area contributed by atoms with Crippen LogP contribution in [0.3, 0.4) is 0 Å². The normalized spacial score (nSPS) is 11.5. The molecule has 5 aromatic rings. The Morgan fingerprint density at radius 2 is 1.68 bits per heavy atom. The molecular weight excluding hydrogens is 456 g/mol. The van der Waals surface area contributed by atoms with Crippen LogP contribution >= 0.6 is 11.8 Å². The second kappa shape index (κ2) is 8.75. The van der Waals surface area contributed by atoms with E-state index in [0.717, 1.165) is 0 Å². The zero-order valence-corrected chi connectivity index (χ0v) is 19.3. The molecular formula is C23H20N6O4S. The van der Waals surface area contributed by atoms with Crippen LogP contribution in [0.4, 0.5) is 0 Å². The second-order valence-electron chi connectivity index (χ2n) is 7.49. The lowest BCUT2D eigenvalue weighted by atomic mass is 10.2. The standard InChI is InChI=1S/C23H20N6O4S/c1-3-27-21(32)15-9-5-7-11-17(15)29-18(25-26-22(27)29)13-34-23-24-16-10-6-4-8-14(16)20(31)28(23)12-19(30)33-2/h4-11H,3,12-13H2,1-2H3. The van der Waals surface area contributed by atoms with Crippen LogP contribution in [0.15, 0.2) is 63.3 Å². The zero-order valence-electron chi connectivity index (χ0n) is 18.5. The van der Waals surface area contributed by atoms with Crippen LogP contribution in [0.2, 0.25) is 0 Å². The number of nitrogens with zero attached hydrogens (tertiary/aromatic N) is 6. The first kappa shape index (κ1) is 21.8. The van der Waals surface area contributed by atoms with E-state index in [1.54, 1.807) is 34.9 Å². The van der Waals surface area contributed by atoms with Gasteiger partial charge in [-0.3, -0.25) is 27.9 Å². The molecule has 5 rings (SSSR count). The molecule has 0 unspecified atom stereocenters. The number of carbonyl (C=O) groups is 1. The molecule has 11 heteroatoms. The van der Waals surface area contributed by atoms with Gasteiger partial charge < -0.3 is 4.74 Å². The smallest absolute Gasteiger partial charge is 0.325 e. The first-order valence-corrected chi connectivity index (χ1v) is 11.6. The minimum Gasteiger partial charge on any atom is -0.468 e. The molecule has 10 nitrogen and oxygen atoms in total. The van der Waals surface area contributed by atoms with Crippen molar-refractivity contribution in [3.05, 3.63) is 75.1 Å². The van der Waals surface area contributed by atoms with Gasteiger partial charge in [0.2, 0.25) is 5.78 Å². The van der Waals surface area contributed by atoms with E-state index in [1.165, 1.54) is 23.4 Å². The Hall–Kier alpha value is -3.99. The van der Waals surface area contributed by atoms with Gasteiger partial charge in [0, 0.05) is 6.54 Å². The highest BCUT2D eigenvalue weighted by Crippen LogP contribution is 2.23. The summed E-state index contributed by atoms with van der Waals surface area (Å²) in [6.07, 6.45) is 0. The molecule has 0 aliphatic carbocycles. The highest BCUT2D eigenvalue weighted by Gasteiger charge is 2.19. The third-order valence-electron chi connectivity index (χ3n) is 5.56. The van der Waals surface area contributed by atoms with Crippen molar-refractivity contribution in [3.8, 4) is 0 Å². The van der Waals surface area contributed by atoms with Crippen LogP contribution in [0.5, 0.6) is 0 Å². The number of esters is 1. The van der Waals surface area contributed by atoms with Crippen LogP contribution in [-0.2, 0) is 28.4 Å². The average Bonchev–Trinajstić information content (AvgIpc) is 3.29. The average molecular weight is 477 g/mol. The summed E-state index contributed by atoms with van der Waals surface area (Å²) >= 11 is 1.26. The van der Waals surface area contributed by atoms with Gasteiger partial charge in [-0.1, -0.05) is 36.0 Å². The van der Waals surface area contributed by atoms with Gasteiger partial charge in [0.1, 0.15) is 12.4 Å². The van der Waals surface area contributed by atoms with Crippen LogP contribution in [0.25, 0.3) is 27.6 Å². The van der Waals surface area contributed by atoms with Crippen molar-refractivity contribution >= 4 is 45.3 Å².